The number of rotatable bonds is 5. The quantitative estimate of drug-likeness (QED) is 0.551. The molecule has 0 aliphatic rings. The van der Waals surface area contributed by atoms with Gasteiger partial charge in [0.15, 0.2) is 0 Å². The van der Waals surface area contributed by atoms with Gasteiger partial charge < -0.3 is 9.84 Å². The summed E-state index contributed by atoms with van der Waals surface area (Å²) in [6.45, 7) is 3.96. The minimum atomic E-state index is -0.877. The zero-order valence-corrected chi connectivity index (χ0v) is 7.16. The first kappa shape index (κ1) is 18.5. The summed E-state index contributed by atoms with van der Waals surface area (Å²) in [5.74, 6) is -0.877. The van der Waals surface area contributed by atoms with Crippen molar-refractivity contribution in [1.29, 1.82) is 0 Å². The van der Waals surface area contributed by atoms with Crippen LogP contribution in [-0.2, 0) is 14.3 Å². The second-order valence-corrected chi connectivity index (χ2v) is 2.54. The fourth-order valence-corrected chi connectivity index (χ4v) is 0.660. The molecule has 4 heteroatoms. The third-order valence-electron chi connectivity index (χ3n) is 1.51. The molecular formula is C10H20O4. The van der Waals surface area contributed by atoms with E-state index in [0.29, 0.717) is 6.47 Å². The molecule has 0 spiro atoms. The highest BCUT2D eigenvalue weighted by atomic mass is 16.5. The Morgan fingerprint density at radius 2 is 1.79 bits per heavy atom. The van der Waals surface area contributed by atoms with Gasteiger partial charge in [0.05, 0.1) is 6.42 Å². The first-order valence-electron chi connectivity index (χ1n) is 3.50. The second kappa shape index (κ2) is 9.77. The molecule has 0 aromatic rings. The van der Waals surface area contributed by atoms with E-state index in [0.717, 1.165) is 11.1 Å². The summed E-state index contributed by atoms with van der Waals surface area (Å²) in [7, 11) is 0. The number of carboxylic acid groups (broad SMARTS) is 1. The summed E-state index contributed by atoms with van der Waals surface area (Å²) < 4.78 is 4.47. The zero-order chi connectivity index (χ0) is 9.56. The van der Waals surface area contributed by atoms with E-state index in [-0.39, 0.29) is 27.9 Å². The van der Waals surface area contributed by atoms with Crippen molar-refractivity contribution in [1.82, 2.24) is 0 Å². The molecule has 0 amide bonds. The average molecular weight is 204 g/mol. The van der Waals surface area contributed by atoms with Crippen molar-refractivity contribution < 1.29 is 19.4 Å². The van der Waals surface area contributed by atoms with Gasteiger partial charge >= 0.3 is 5.97 Å². The van der Waals surface area contributed by atoms with Crippen LogP contribution in [0.2, 0.25) is 0 Å². The zero-order valence-electron chi connectivity index (χ0n) is 7.16. The van der Waals surface area contributed by atoms with Crippen LogP contribution in [0.1, 0.15) is 35.1 Å². The van der Waals surface area contributed by atoms with Crippen molar-refractivity contribution in [3.8, 4) is 0 Å². The lowest BCUT2D eigenvalue weighted by molar-refractivity contribution is -0.136. The van der Waals surface area contributed by atoms with Gasteiger partial charge in [-0.3, -0.25) is 9.59 Å². The molecule has 0 saturated carbocycles. The summed E-state index contributed by atoms with van der Waals surface area (Å²) in [6.07, 6.45) is -0.00590. The van der Waals surface area contributed by atoms with Crippen molar-refractivity contribution in [2.75, 3.05) is 6.61 Å². The van der Waals surface area contributed by atoms with Gasteiger partial charge in [-0.1, -0.05) is 20.4 Å². The van der Waals surface area contributed by atoms with Crippen LogP contribution in [0.3, 0.4) is 0 Å². The molecule has 0 fully saturated rings. The fourth-order valence-electron chi connectivity index (χ4n) is 0.660. The molecule has 0 aliphatic heterocycles. The van der Waals surface area contributed by atoms with E-state index < -0.39 is 5.97 Å². The van der Waals surface area contributed by atoms with Gasteiger partial charge in [0.1, 0.15) is 6.61 Å². The molecule has 84 valence electrons. The van der Waals surface area contributed by atoms with Gasteiger partial charge in [0, 0.05) is 0 Å². The number of carbonyl (C=O) groups excluding carboxylic acids is 1. The normalized spacial score (nSPS) is 10.1. The monoisotopic (exact) mass is 204 g/mol. The second-order valence-electron chi connectivity index (χ2n) is 2.54. The Balaban J connectivity index is -0.000000605. The van der Waals surface area contributed by atoms with Gasteiger partial charge in [0.25, 0.3) is 6.47 Å². The highest BCUT2D eigenvalue weighted by Crippen LogP contribution is 2.07. The number of hydrogen-bond acceptors (Lipinski definition) is 3. The lowest BCUT2D eigenvalue weighted by Crippen LogP contribution is -2.01. The van der Waals surface area contributed by atoms with Crippen molar-refractivity contribution in [3.63, 3.8) is 0 Å². The van der Waals surface area contributed by atoms with E-state index in [2.05, 4.69) is 4.74 Å². The molecule has 0 aromatic heterocycles. The summed E-state index contributed by atoms with van der Waals surface area (Å²) in [5, 5.41) is 8.41. The number of carbonyl (C=O) groups is 2. The van der Waals surface area contributed by atoms with E-state index in [1.165, 1.54) is 0 Å². The maximum Gasteiger partial charge on any atom is 0.307 e. The van der Waals surface area contributed by atoms with Crippen LogP contribution >= 0.6 is 0 Å². The van der Waals surface area contributed by atoms with E-state index in [1.807, 2.05) is 0 Å². The molecule has 0 atom stereocenters. The predicted molar refractivity (Wildman–Crippen MR) is 56.1 cm³/mol. The van der Waals surface area contributed by atoms with Crippen molar-refractivity contribution in [2.45, 2.75) is 35.1 Å². The van der Waals surface area contributed by atoms with Crippen LogP contribution < -0.4 is 0 Å². The van der Waals surface area contributed by atoms with E-state index in [9.17, 15) is 9.59 Å². The predicted octanol–water partition coefficient (Wildman–Crippen LogP) is 2.24. The minimum absolute atomic E-state index is 0. The molecule has 0 aliphatic carbocycles. The van der Waals surface area contributed by atoms with Gasteiger partial charge in [-0.25, -0.2) is 0 Å². The van der Waals surface area contributed by atoms with E-state index >= 15 is 0 Å². The Kier molecular flexibility index (Phi) is 12.9. The lowest BCUT2D eigenvalue weighted by Gasteiger charge is -2.03. The first-order chi connectivity index (χ1) is 5.57. The van der Waals surface area contributed by atoms with Crippen molar-refractivity contribution in [2.24, 2.45) is 0 Å². The highest BCUT2D eigenvalue weighted by molar-refractivity contribution is 5.70. The Bertz CT molecular complexity index is 206. The van der Waals surface area contributed by atoms with Crippen LogP contribution in [0.5, 0.6) is 0 Å². The van der Waals surface area contributed by atoms with Gasteiger partial charge in [-0.15, -0.1) is 0 Å². The third kappa shape index (κ3) is 8.77. The third-order valence-corrected chi connectivity index (χ3v) is 1.51. The first-order valence-corrected chi connectivity index (χ1v) is 3.50. The van der Waals surface area contributed by atoms with Crippen LogP contribution in [0.4, 0.5) is 0 Å². The smallest absolute Gasteiger partial charge is 0.307 e. The van der Waals surface area contributed by atoms with Crippen LogP contribution in [0, 0.1) is 0 Å². The molecule has 0 bridgehead atoms. The molecule has 0 aromatic carbocycles. The van der Waals surface area contributed by atoms with Gasteiger partial charge in [0.2, 0.25) is 0 Å². The van der Waals surface area contributed by atoms with Crippen LogP contribution in [0.25, 0.3) is 0 Å². The summed E-state index contributed by atoms with van der Waals surface area (Å²) >= 11 is 0. The molecule has 0 unspecified atom stereocenters. The molecule has 1 N–H and O–H groups in total. The van der Waals surface area contributed by atoms with Gasteiger partial charge in [-0.2, -0.15) is 0 Å². The van der Waals surface area contributed by atoms with Gasteiger partial charge in [-0.05, 0) is 19.4 Å². The lowest BCUT2D eigenvalue weighted by atomic mass is 10.1. The number of carboxylic acids is 1. The Hall–Kier alpha value is -1.32. The Morgan fingerprint density at radius 1 is 1.29 bits per heavy atom. The summed E-state index contributed by atoms with van der Waals surface area (Å²) in [4.78, 5) is 20.0. The standard InChI is InChI=1S/C8H12O4.2CH4/c1-6(3-8(10)11)7(2)4-12-5-9;;/h5H,3-4H2,1-2H3,(H,10,11);2*1H4/b7-6-;;. The highest BCUT2D eigenvalue weighted by Gasteiger charge is 2.02. The topological polar surface area (TPSA) is 63.6 Å². The SMILES string of the molecule is C.C.C/C(COC=O)=C(\C)CC(=O)O. The molecule has 0 radical (unpaired) electrons. The summed E-state index contributed by atoms with van der Waals surface area (Å²) in [6, 6.07) is 0. The Labute approximate surface area is 85.6 Å². The largest absolute Gasteiger partial charge is 0.481 e. The molecular weight excluding hydrogens is 184 g/mol. The van der Waals surface area contributed by atoms with Crippen LogP contribution in [0.15, 0.2) is 11.1 Å². The molecule has 0 heterocycles. The maximum absolute atomic E-state index is 10.2. The molecule has 4 nitrogen and oxygen atoms in total. The van der Waals surface area contributed by atoms with E-state index in [4.69, 9.17) is 5.11 Å². The van der Waals surface area contributed by atoms with Crippen molar-refractivity contribution in [3.05, 3.63) is 11.1 Å². The number of aliphatic carboxylic acids is 1. The van der Waals surface area contributed by atoms with Crippen LogP contribution in [-0.4, -0.2) is 24.2 Å². The van der Waals surface area contributed by atoms with E-state index in [1.54, 1.807) is 13.8 Å². The number of hydrogen-bond donors (Lipinski definition) is 1. The number of ether oxygens (including phenoxy) is 1. The maximum atomic E-state index is 10.2. The van der Waals surface area contributed by atoms with Crippen molar-refractivity contribution >= 4 is 12.4 Å². The summed E-state index contributed by atoms with van der Waals surface area (Å²) in [5.41, 5.74) is 1.51. The Morgan fingerprint density at radius 3 is 2.14 bits per heavy atom. The molecule has 0 saturated heterocycles. The average Bonchev–Trinajstić information content (AvgIpc) is 1.98. The molecule has 0 rings (SSSR count). The molecule has 14 heavy (non-hydrogen) atoms. The fraction of sp³-hybridized carbons (Fsp3) is 0.600. The minimum Gasteiger partial charge on any atom is -0.481 e.